The molecule has 0 amide bonds. The Kier molecular flexibility index (Phi) is 8.69. The molecular formula is C12H15F13O4Si. The van der Waals surface area contributed by atoms with Gasteiger partial charge < -0.3 is 18.0 Å². The summed E-state index contributed by atoms with van der Waals surface area (Å²) < 4.78 is 186. The molecular weight excluding hydrogens is 483 g/mol. The minimum atomic E-state index is -7.94. The fraction of sp³-hybridized carbons (Fsp3) is 1.00. The fourth-order valence-electron chi connectivity index (χ4n) is 1.85. The Morgan fingerprint density at radius 3 is 1.27 bits per heavy atom. The second-order valence-corrected chi connectivity index (χ2v) is 8.69. The molecule has 0 spiro atoms. The number of rotatable bonds is 12. The molecule has 0 rings (SSSR count). The molecule has 4 nitrogen and oxygen atoms in total. The largest absolute Gasteiger partial charge is 0.502 e. The smallest absolute Gasteiger partial charge is 0.377 e. The molecule has 0 atom stereocenters. The lowest BCUT2D eigenvalue weighted by molar-refractivity contribution is -0.441. The molecule has 0 fully saturated rings. The molecule has 30 heavy (non-hydrogen) atoms. The SMILES string of the molecule is CO[Si](CCOCC(F)(F)C(F)(F)C(F)(F)C(F)(F)C(F)(F)C(F)(F)F)(OC)OC. The van der Waals surface area contributed by atoms with Gasteiger partial charge in [-0.1, -0.05) is 0 Å². The van der Waals surface area contributed by atoms with Gasteiger partial charge in [0.2, 0.25) is 0 Å². The Morgan fingerprint density at radius 2 is 0.933 bits per heavy atom. The molecule has 18 heteroatoms. The van der Waals surface area contributed by atoms with Gasteiger partial charge in [-0.3, -0.25) is 0 Å². The van der Waals surface area contributed by atoms with E-state index in [0.717, 1.165) is 21.3 Å². The van der Waals surface area contributed by atoms with Crippen LogP contribution < -0.4 is 0 Å². The third-order valence-electron chi connectivity index (χ3n) is 3.77. The van der Waals surface area contributed by atoms with Gasteiger partial charge in [0, 0.05) is 27.4 Å². The van der Waals surface area contributed by atoms with Crippen LogP contribution in [0.25, 0.3) is 0 Å². The minimum absolute atomic E-state index is 0.531. The van der Waals surface area contributed by atoms with Crippen LogP contribution in [0.4, 0.5) is 57.1 Å². The second kappa shape index (κ2) is 8.95. The highest BCUT2D eigenvalue weighted by molar-refractivity contribution is 6.60. The van der Waals surface area contributed by atoms with E-state index in [2.05, 4.69) is 4.74 Å². The summed E-state index contributed by atoms with van der Waals surface area (Å²) in [6.45, 7) is -3.75. The Labute approximate surface area is 161 Å². The average molecular weight is 498 g/mol. The summed E-state index contributed by atoms with van der Waals surface area (Å²) in [5, 5.41) is 0. The molecule has 0 saturated carbocycles. The first-order chi connectivity index (χ1) is 13.1. The Bertz CT molecular complexity index is 555. The van der Waals surface area contributed by atoms with Crippen LogP contribution in [0.2, 0.25) is 6.04 Å². The summed E-state index contributed by atoms with van der Waals surface area (Å²) in [5.41, 5.74) is 0. The van der Waals surface area contributed by atoms with E-state index in [1.807, 2.05) is 0 Å². The predicted octanol–water partition coefficient (Wildman–Crippen LogP) is 4.62. The van der Waals surface area contributed by atoms with Crippen molar-refractivity contribution in [2.24, 2.45) is 0 Å². The molecule has 0 bridgehead atoms. The van der Waals surface area contributed by atoms with Gasteiger partial charge in [-0.25, -0.2) is 0 Å². The van der Waals surface area contributed by atoms with Gasteiger partial charge in [-0.2, -0.15) is 57.1 Å². The molecule has 0 N–H and O–H groups in total. The van der Waals surface area contributed by atoms with Crippen molar-refractivity contribution in [1.82, 2.24) is 0 Å². The Morgan fingerprint density at radius 1 is 0.567 bits per heavy atom. The van der Waals surface area contributed by atoms with Gasteiger partial charge in [0.15, 0.2) is 0 Å². The maximum absolute atomic E-state index is 13.5. The van der Waals surface area contributed by atoms with Crippen molar-refractivity contribution in [2.75, 3.05) is 34.5 Å². The number of halogens is 13. The van der Waals surface area contributed by atoms with Crippen LogP contribution in [-0.4, -0.2) is 79.1 Å². The van der Waals surface area contributed by atoms with Crippen LogP contribution >= 0.6 is 0 Å². The molecule has 0 aliphatic rings. The molecule has 0 radical (unpaired) electrons. The summed E-state index contributed by atoms with van der Waals surface area (Å²) >= 11 is 0. The zero-order valence-corrected chi connectivity index (χ0v) is 16.2. The second-order valence-electron chi connectivity index (χ2n) is 5.60. The van der Waals surface area contributed by atoms with Crippen molar-refractivity contribution in [1.29, 1.82) is 0 Å². The van der Waals surface area contributed by atoms with E-state index < -0.39 is 63.9 Å². The van der Waals surface area contributed by atoms with Gasteiger partial charge in [0.25, 0.3) is 0 Å². The monoisotopic (exact) mass is 498 g/mol. The van der Waals surface area contributed by atoms with E-state index in [1.54, 1.807) is 0 Å². The van der Waals surface area contributed by atoms with Crippen LogP contribution in [0.3, 0.4) is 0 Å². The summed E-state index contributed by atoms with van der Waals surface area (Å²) in [4.78, 5) is 0. The maximum atomic E-state index is 13.5. The highest BCUT2D eigenvalue weighted by atomic mass is 28.4. The highest BCUT2D eigenvalue weighted by Gasteiger charge is 2.90. The standard InChI is InChI=1S/C12H15F13O4Si/c1-26-30(27-2,28-3)5-4-29-6-7(13,14)8(15,16)9(17,18)10(19,20)11(21,22)12(23,24)25/h4-6H2,1-3H3. The van der Waals surface area contributed by atoms with E-state index in [1.165, 1.54) is 0 Å². The maximum Gasteiger partial charge on any atom is 0.502 e. The van der Waals surface area contributed by atoms with Crippen molar-refractivity contribution < 1.29 is 75.1 Å². The van der Waals surface area contributed by atoms with Crippen LogP contribution in [0.15, 0.2) is 0 Å². The van der Waals surface area contributed by atoms with Crippen molar-refractivity contribution in [2.45, 2.75) is 41.8 Å². The molecule has 0 aromatic heterocycles. The van der Waals surface area contributed by atoms with Crippen molar-refractivity contribution in [3.63, 3.8) is 0 Å². The molecule has 0 aliphatic heterocycles. The summed E-state index contributed by atoms with van der Waals surface area (Å²) in [7, 11) is -0.422. The van der Waals surface area contributed by atoms with Crippen LogP contribution in [0.1, 0.15) is 0 Å². The lowest BCUT2D eigenvalue weighted by Crippen LogP contribution is -2.70. The van der Waals surface area contributed by atoms with Gasteiger partial charge >= 0.3 is 44.6 Å². The van der Waals surface area contributed by atoms with E-state index in [0.29, 0.717) is 0 Å². The molecule has 0 aliphatic carbocycles. The normalized spacial score (nSPS) is 15.6. The van der Waals surface area contributed by atoms with Crippen molar-refractivity contribution in [3.05, 3.63) is 0 Å². The quantitative estimate of drug-likeness (QED) is 0.224. The van der Waals surface area contributed by atoms with E-state index >= 15 is 0 Å². The number of hydrogen-bond acceptors (Lipinski definition) is 4. The Balaban J connectivity index is 5.61. The lowest BCUT2D eigenvalue weighted by Gasteiger charge is -2.39. The topological polar surface area (TPSA) is 36.9 Å². The number of alkyl halides is 13. The number of ether oxygens (including phenoxy) is 1. The third-order valence-corrected chi connectivity index (χ3v) is 6.45. The van der Waals surface area contributed by atoms with Gasteiger partial charge in [0.1, 0.15) is 6.61 Å². The van der Waals surface area contributed by atoms with E-state index in [-0.39, 0.29) is 0 Å². The first kappa shape index (κ1) is 29.1. The summed E-state index contributed by atoms with van der Waals surface area (Å²) in [6, 6.07) is -0.531. The average Bonchev–Trinajstić information content (AvgIpc) is 2.60. The van der Waals surface area contributed by atoms with Crippen LogP contribution in [0, 0.1) is 0 Å². The van der Waals surface area contributed by atoms with Gasteiger partial charge in [-0.15, -0.1) is 0 Å². The summed E-state index contributed by atoms with van der Waals surface area (Å²) in [6.07, 6.45) is -7.45. The van der Waals surface area contributed by atoms with Crippen LogP contribution in [-0.2, 0) is 18.0 Å². The van der Waals surface area contributed by atoms with Gasteiger partial charge in [-0.05, 0) is 0 Å². The first-order valence-corrected chi connectivity index (χ1v) is 9.26. The number of hydrogen-bond donors (Lipinski definition) is 0. The van der Waals surface area contributed by atoms with E-state index in [9.17, 15) is 57.1 Å². The minimum Gasteiger partial charge on any atom is -0.377 e. The lowest BCUT2D eigenvalue weighted by atomic mass is 9.94. The molecule has 0 unspecified atom stereocenters. The van der Waals surface area contributed by atoms with Crippen molar-refractivity contribution in [3.8, 4) is 0 Å². The zero-order chi connectivity index (χ0) is 24.4. The summed E-state index contributed by atoms with van der Waals surface area (Å²) in [5.74, 6) is -37.2. The van der Waals surface area contributed by atoms with Crippen LogP contribution in [0.5, 0.6) is 0 Å². The van der Waals surface area contributed by atoms with Crippen molar-refractivity contribution >= 4 is 8.80 Å². The zero-order valence-electron chi connectivity index (χ0n) is 15.2. The molecule has 0 saturated heterocycles. The third kappa shape index (κ3) is 4.81. The van der Waals surface area contributed by atoms with Gasteiger partial charge in [0.05, 0.1) is 6.61 Å². The fourth-order valence-corrected chi connectivity index (χ4v) is 3.35. The first-order valence-electron chi connectivity index (χ1n) is 7.33. The molecule has 0 aromatic carbocycles. The highest BCUT2D eigenvalue weighted by Crippen LogP contribution is 2.60. The molecule has 182 valence electrons. The molecule has 0 aromatic rings. The molecule has 0 heterocycles. The Hall–Kier alpha value is -0.853. The van der Waals surface area contributed by atoms with E-state index in [4.69, 9.17) is 13.3 Å². The predicted molar refractivity (Wildman–Crippen MR) is 73.2 cm³/mol.